The molecule has 5 rings (SSSR count). The Balaban J connectivity index is 1.45. The number of rotatable bonds is 5. The number of pyridine rings is 1. The van der Waals surface area contributed by atoms with Crippen molar-refractivity contribution in [2.24, 2.45) is 0 Å². The number of likely N-dealkylation sites (tertiary alicyclic amines) is 1. The standard InChI is InChI=1S/C24H28F2N4O3/c1-24-10-15(12-28(24)2)30(13-24)20-6-5-19(33-4)23(27-20)29-11-14(7-21(29)31)22-17(25)8-16(32-3)9-18(22)26/h5-6,8-9,14-15H,7,10-13H2,1-4H3/t14-,15-,24-/m0/s1. The van der Waals surface area contributed by atoms with Gasteiger partial charge in [0.1, 0.15) is 23.2 Å². The van der Waals surface area contributed by atoms with Gasteiger partial charge in [0.25, 0.3) is 0 Å². The van der Waals surface area contributed by atoms with Crippen LogP contribution in [0.3, 0.4) is 0 Å². The van der Waals surface area contributed by atoms with Crippen molar-refractivity contribution in [2.45, 2.75) is 37.3 Å². The van der Waals surface area contributed by atoms with Crippen LogP contribution in [0.15, 0.2) is 24.3 Å². The third kappa shape index (κ3) is 3.49. The summed E-state index contributed by atoms with van der Waals surface area (Å²) in [6.45, 7) is 4.19. The minimum Gasteiger partial charge on any atom is -0.497 e. The predicted octanol–water partition coefficient (Wildman–Crippen LogP) is 3.18. The van der Waals surface area contributed by atoms with Crippen molar-refractivity contribution >= 4 is 17.5 Å². The van der Waals surface area contributed by atoms with Crippen LogP contribution in [0.4, 0.5) is 20.4 Å². The SMILES string of the molecule is COc1cc(F)c([C@H]2CC(=O)N(c3nc(N4C[C@]5(C)C[C@H]4CN5C)ccc3OC)C2)c(F)c1. The molecule has 3 saturated heterocycles. The number of piperazine rings is 1. The lowest BCUT2D eigenvalue weighted by atomic mass is 9.97. The third-order valence-electron chi connectivity index (χ3n) is 7.45. The van der Waals surface area contributed by atoms with Crippen LogP contribution in [0.2, 0.25) is 0 Å². The van der Waals surface area contributed by atoms with Gasteiger partial charge in [-0.25, -0.2) is 13.8 Å². The Morgan fingerprint density at radius 1 is 1.12 bits per heavy atom. The van der Waals surface area contributed by atoms with Crippen molar-refractivity contribution in [2.75, 3.05) is 50.7 Å². The van der Waals surface area contributed by atoms with E-state index in [1.165, 1.54) is 19.1 Å². The first-order valence-corrected chi connectivity index (χ1v) is 11.1. The fraction of sp³-hybridized carbons (Fsp3) is 0.500. The number of likely N-dealkylation sites (N-methyl/N-ethyl adjacent to an activating group) is 1. The molecule has 3 aliphatic heterocycles. The van der Waals surface area contributed by atoms with E-state index in [0.29, 0.717) is 17.6 Å². The summed E-state index contributed by atoms with van der Waals surface area (Å²) in [6.07, 6.45) is 1.05. The first kappa shape index (κ1) is 21.9. The van der Waals surface area contributed by atoms with E-state index < -0.39 is 17.6 Å². The molecule has 1 aromatic carbocycles. The summed E-state index contributed by atoms with van der Waals surface area (Å²) in [7, 11) is 5.02. The Morgan fingerprint density at radius 3 is 2.42 bits per heavy atom. The summed E-state index contributed by atoms with van der Waals surface area (Å²) in [4.78, 5) is 23.9. The highest BCUT2D eigenvalue weighted by Gasteiger charge is 2.50. The number of halogens is 2. The van der Waals surface area contributed by atoms with Crippen molar-refractivity contribution in [3.63, 3.8) is 0 Å². The van der Waals surface area contributed by atoms with E-state index in [-0.39, 0.29) is 35.7 Å². The molecule has 9 heteroatoms. The van der Waals surface area contributed by atoms with Crippen LogP contribution >= 0.6 is 0 Å². The molecule has 2 bridgehead atoms. The fourth-order valence-corrected chi connectivity index (χ4v) is 5.54. The van der Waals surface area contributed by atoms with E-state index in [0.717, 1.165) is 37.5 Å². The molecule has 176 valence electrons. The summed E-state index contributed by atoms with van der Waals surface area (Å²) >= 11 is 0. The van der Waals surface area contributed by atoms with Crippen LogP contribution in [0, 0.1) is 11.6 Å². The minimum atomic E-state index is -0.717. The number of hydrogen-bond acceptors (Lipinski definition) is 6. The molecular formula is C24H28F2N4O3. The highest BCUT2D eigenvalue weighted by molar-refractivity contribution is 5.97. The second kappa shape index (κ2) is 7.83. The summed E-state index contributed by atoms with van der Waals surface area (Å²) < 4.78 is 39.8. The van der Waals surface area contributed by atoms with Gasteiger partial charge in [0.05, 0.1) is 14.2 Å². The minimum absolute atomic E-state index is 0.00949. The maximum Gasteiger partial charge on any atom is 0.228 e. The molecule has 0 unspecified atom stereocenters. The van der Waals surface area contributed by atoms with Crippen LogP contribution < -0.4 is 19.3 Å². The van der Waals surface area contributed by atoms with Crippen LogP contribution in [0.1, 0.15) is 31.2 Å². The smallest absolute Gasteiger partial charge is 0.228 e. The Bertz CT molecular complexity index is 1090. The molecular weight excluding hydrogens is 430 g/mol. The third-order valence-corrected chi connectivity index (χ3v) is 7.45. The average molecular weight is 459 g/mol. The van der Waals surface area contributed by atoms with Gasteiger partial charge in [-0.2, -0.15) is 0 Å². The fourth-order valence-electron chi connectivity index (χ4n) is 5.54. The molecule has 33 heavy (non-hydrogen) atoms. The Hall–Kier alpha value is -2.94. The van der Waals surface area contributed by atoms with Crippen molar-refractivity contribution in [1.82, 2.24) is 9.88 Å². The maximum absolute atomic E-state index is 14.7. The number of ether oxygens (including phenoxy) is 2. The van der Waals surface area contributed by atoms with E-state index in [9.17, 15) is 13.6 Å². The summed E-state index contributed by atoms with van der Waals surface area (Å²) in [5, 5.41) is 0. The van der Waals surface area contributed by atoms with Gasteiger partial charge in [-0.15, -0.1) is 0 Å². The van der Waals surface area contributed by atoms with Gasteiger partial charge in [-0.3, -0.25) is 14.6 Å². The van der Waals surface area contributed by atoms with Gasteiger partial charge < -0.3 is 14.4 Å². The highest BCUT2D eigenvalue weighted by Crippen LogP contribution is 2.43. The topological polar surface area (TPSA) is 58.1 Å². The molecule has 0 N–H and O–H groups in total. The molecule has 4 heterocycles. The number of benzene rings is 1. The molecule has 0 radical (unpaired) electrons. The quantitative estimate of drug-likeness (QED) is 0.686. The second-order valence-corrected chi connectivity index (χ2v) is 9.47. The lowest BCUT2D eigenvalue weighted by Gasteiger charge is -2.38. The Labute approximate surface area is 191 Å². The number of nitrogens with zero attached hydrogens (tertiary/aromatic N) is 4. The van der Waals surface area contributed by atoms with Gasteiger partial charge in [-0.05, 0) is 32.5 Å². The lowest BCUT2D eigenvalue weighted by Crippen LogP contribution is -2.51. The van der Waals surface area contributed by atoms with Crippen molar-refractivity contribution in [1.29, 1.82) is 0 Å². The van der Waals surface area contributed by atoms with E-state index in [2.05, 4.69) is 23.8 Å². The number of hydrogen-bond donors (Lipinski definition) is 0. The Kier molecular flexibility index (Phi) is 5.19. The predicted molar refractivity (Wildman–Crippen MR) is 120 cm³/mol. The normalized spacial score (nSPS) is 27.0. The number of anilines is 2. The van der Waals surface area contributed by atoms with Gasteiger partial charge in [0, 0.05) is 61.2 Å². The molecule has 7 nitrogen and oxygen atoms in total. The summed E-state index contributed by atoms with van der Waals surface area (Å²) in [5.74, 6) is -0.581. The van der Waals surface area contributed by atoms with Crippen molar-refractivity contribution in [3.05, 3.63) is 41.5 Å². The molecule has 3 fully saturated rings. The van der Waals surface area contributed by atoms with Crippen molar-refractivity contribution < 1.29 is 23.0 Å². The Morgan fingerprint density at radius 2 is 1.85 bits per heavy atom. The number of fused-ring (bicyclic) bond motifs is 2. The number of carbonyl (C=O) groups is 1. The van der Waals surface area contributed by atoms with E-state index >= 15 is 0 Å². The number of carbonyl (C=O) groups excluding carboxylic acids is 1. The maximum atomic E-state index is 14.7. The zero-order valence-corrected chi connectivity index (χ0v) is 19.3. The van der Waals surface area contributed by atoms with Gasteiger partial charge in [0.15, 0.2) is 11.6 Å². The number of amides is 1. The first-order chi connectivity index (χ1) is 15.7. The summed E-state index contributed by atoms with van der Waals surface area (Å²) in [6, 6.07) is 6.37. The highest BCUT2D eigenvalue weighted by atomic mass is 19.1. The molecule has 0 spiro atoms. The lowest BCUT2D eigenvalue weighted by molar-refractivity contribution is -0.117. The average Bonchev–Trinajstić information content (AvgIpc) is 3.41. The molecule has 0 aliphatic carbocycles. The molecule has 0 saturated carbocycles. The molecule has 3 aliphatic rings. The van der Waals surface area contributed by atoms with Crippen LogP contribution in [-0.4, -0.2) is 68.3 Å². The zero-order valence-electron chi connectivity index (χ0n) is 19.3. The number of aromatic nitrogens is 1. The molecule has 2 aromatic rings. The van der Waals surface area contributed by atoms with E-state index in [1.54, 1.807) is 0 Å². The largest absolute Gasteiger partial charge is 0.497 e. The van der Waals surface area contributed by atoms with Gasteiger partial charge in [0.2, 0.25) is 5.91 Å². The molecule has 1 amide bonds. The monoisotopic (exact) mass is 458 g/mol. The summed E-state index contributed by atoms with van der Waals surface area (Å²) in [5.41, 5.74) is -0.000631. The van der Waals surface area contributed by atoms with E-state index in [4.69, 9.17) is 14.5 Å². The van der Waals surface area contributed by atoms with Crippen LogP contribution in [-0.2, 0) is 4.79 Å². The second-order valence-electron chi connectivity index (χ2n) is 9.47. The molecule has 1 aromatic heterocycles. The first-order valence-electron chi connectivity index (χ1n) is 11.1. The van der Waals surface area contributed by atoms with Crippen molar-refractivity contribution in [3.8, 4) is 11.5 Å². The van der Waals surface area contributed by atoms with Crippen LogP contribution in [0.25, 0.3) is 0 Å². The molecule has 3 atom stereocenters. The van der Waals surface area contributed by atoms with Crippen LogP contribution in [0.5, 0.6) is 11.5 Å². The van der Waals surface area contributed by atoms with Gasteiger partial charge in [-0.1, -0.05) is 0 Å². The van der Waals surface area contributed by atoms with E-state index in [1.807, 2.05) is 12.1 Å². The van der Waals surface area contributed by atoms with Gasteiger partial charge >= 0.3 is 0 Å². The zero-order chi connectivity index (χ0) is 23.5. The number of methoxy groups -OCH3 is 2.